The van der Waals surface area contributed by atoms with E-state index in [1.807, 2.05) is 70.5 Å². The molecule has 1 fully saturated rings. The summed E-state index contributed by atoms with van der Waals surface area (Å²) in [7, 11) is 0. The van der Waals surface area contributed by atoms with Gasteiger partial charge in [0.25, 0.3) is 0 Å². The quantitative estimate of drug-likeness (QED) is 0.720. The van der Waals surface area contributed by atoms with Crippen LogP contribution in [-0.4, -0.2) is 39.7 Å². The van der Waals surface area contributed by atoms with Crippen molar-refractivity contribution in [2.24, 2.45) is 5.73 Å². The van der Waals surface area contributed by atoms with Gasteiger partial charge in [-0.2, -0.15) is 5.10 Å². The summed E-state index contributed by atoms with van der Waals surface area (Å²) >= 11 is 0. The molecule has 0 bridgehead atoms. The zero-order chi connectivity index (χ0) is 18.6. The van der Waals surface area contributed by atoms with Crippen LogP contribution in [0.3, 0.4) is 0 Å². The van der Waals surface area contributed by atoms with E-state index in [0.717, 1.165) is 11.3 Å². The molecule has 0 unspecified atom stereocenters. The number of para-hydroxylation sites is 1. The van der Waals surface area contributed by atoms with Gasteiger partial charge in [0.05, 0.1) is 11.9 Å². The number of hydrogen-bond acceptors (Lipinski definition) is 3. The molecule has 2 N–H and O–H groups in total. The van der Waals surface area contributed by atoms with E-state index in [9.17, 15) is 4.79 Å². The van der Waals surface area contributed by atoms with Crippen LogP contribution >= 0.6 is 12.4 Å². The summed E-state index contributed by atoms with van der Waals surface area (Å²) in [5.41, 5.74) is 9.60. The average Bonchev–Trinajstić information content (AvgIpc) is 3.34. The Kier molecular flexibility index (Phi) is 6.49. The monoisotopic (exact) mass is 396 g/mol. The second-order valence-corrected chi connectivity index (χ2v) is 7.11. The normalized spacial score (nSPS) is 18.7. The summed E-state index contributed by atoms with van der Waals surface area (Å²) < 4.78 is 1.84. The first-order valence-corrected chi connectivity index (χ1v) is 9.38. The predicted molar refractivity (Wildman–Crippen MR) is 113 cm³/mol. The molecule has 0 aliphatic carbocycles. The SMILES string of the molecule is Cl.N[C@@H]1CN(C(=O)CCc2cnn(-c3ccccc3)c2)C[C@H]1c1ccccc1. The largest absolute Gasteiger partial charge is 0.340 e. The second-order valence-electron chi connectivity index (χ2n) is 7.11. The van der Waals surface area contributed by atoms with Crippen molar-refractivity contribution in [1.29, 1.82) is 0 Å². The van der Waals surface area contributed by atoms with E-state index >= 15 is 0 Å². The molecule has 1 saturated heterocycles. The highest BCUT2D eigenvalue weighted by molar-refractivity contribution is 5.85. The minimum Gasteiger partial charge on any atom is -0.340 e. The molecule has 6 heteroatoms. The summed E-state index contributed by atoms with van der Waals surface area (Å²) in [5.74, 6) is 0.382. The number of carbonyl (C=O) groups excluding carboxylic acids is 1. The topological polar surface area (TPSA) is 64.2 Å². The molecule has 0 spiro atoms. The molecule has 1 amide bonds. The number of rotatable bonds is 5. The van der Waals surface area contributed by atoms with Crippen molar-refractivity contribution in [3.05, 3.63) is 84.2 Å². The van der Waals surface area contributed by atoms with Crippen LogP contribution in [0.4, 0.5) is 0 Å². The Morgan fingerprint density at radius 2 is 1.71 bits per heavy atom. The first-order valence-electron chi connectivity index (χ1n) is 9.38. The van der Waals surface area contributed by atoms with Crippen molar-refractivity contribution in [3.8, 4) is 5.69 Å². The van der Waals surface area contributed by atoms with Crippen molar-refractivity contribution < 1.29 is 4.79 Å². The third-order valence-electron chi connectivity index (χ3n) is 5.23. The van der Waals surface area contributed by atoms with Crippen LogP contribution in [0.5, 0.6) is 0 Å². The highest BCUT2D eigenvalue weighted by Gasteiger charge is 2.33. The average molecular weight is 397 g/mol. The van der Waals surface area contributed by atoms with Crippen LogP contribution in [0, 0.1) is 0 Å². The maximum absolute atomic E-state index is 12.7. The molecule has 2 heterocycles. The Morgan fingerprint density at radius 3 is 2.43 bits per heavy atom. The van der Waals surface area contributed by atoms with Crippen molar-refractivity contribution in [3.63, 3.8) is 0 Å². The van der Waals surface area contributed by atoms with Crippen molar-refractivity contribution >= 4 is 18.3 Å². The molecule has 1 aliphatic heterocycles. The van der Waals surface area contributed by atoms with E-state index < -0.39 is 0 Å². The number of carbonyl (C=O) groups is 1. The molecule has 1 aromatic heterocycles. The first kappa shape index (κ1) is 20.1. The predicted octanol–water partition coefficient (Wildman–Crippen LogP) is 3.18. The zero-order valence-corrected chi connectivity index (χ0v) is 16.5. The van der Waals surface area contributed by atoms with E-state index in [1.165, 1.54) is 5.56 Å². The third kappa shape index (κ3) is 4.43. The molecular formula is C22H25ClN4O. The molecular weight excluding hydrogens is 372 g/mol. The fourth-order valence-electron chi connectivity index (χ4n) is 3.71. The molecule has 28 heavy (non-hydrogen) atoms. The minimum absolute atomic E-state index is 0. The molecule has 5 nitrogen and oxygen atoms in total. The third-order valence-corrected chi connectivity index (χ3v) is 5.23. The van der Waals surface area contributed by atoms with Gasteiger partial charge in [-0.1, -0.05) is 48.5 Å². The van der Waals surface area contributed by atoms with Crippen LogP contribution in [0.1, 0.15) is 23.5 Å². The summed E-state index contributed by atoms with van der Waals surface area (Å²) in [5, 5.41) is 4.40. The number of likely N-dealkylation sites (tertiary alicyclic amines) is 1. The fourth-order valence-corrected chi connectivity index (χ4v) is 3.71. The van der Waals surface area contributed by atoms with Crippen molar-refractivity contribution in [1.82, 2.24) is 14.7 Å². The van der Waals surface area contributed by atoms with Crippen LogP contribution < -0.4 is 5.73 Å². The molecule has 1 aliphatic rings. The number of nitrogens with zero attached hydrogens (tertiary/aromatic N) is 3. The van der Waals surface area contributed by atoms with Gasteiger partial charge in [-0.05, 0) is 29.7 Å². The van der Waals surface area contributed by atoms with Gasteiger partial charge in [-0.3, -0.25) is 4.79 Å². The molecule has 146 valence electrons. The van der Waals surface area contributed by atoms with E-state index in [-0.39, 0.29) is 30.3 Å². The fraction of sp³-hybridized carbons (Fsp3) is 0.273. The Labute approximate surface area is 171 Å². The van der Waals surface area contributed by atoms with Gasteiger partial charge in [0.2, 0.25) is 5.91 Å². The number of halogens is 1. The van der Waals surface area contributed by atoms with Gasteiger partial charge < -0.3 is 10.6 Å². The van der Waals surface area contributed by atoms with Gasteiger partial charge >= 0.3 is 0 Å². The number of amides is 1. The number of benzene rings is 2. The smallest absolute Gasteiger partial charge is 0.222 e. The Bertz CT molecular complexity index is 897. The lowest BCUT2D eigenvalue weighted by Crippen LogP contribution is -2.32. The highest BCUT2D eigenvalue weighted by Crippen LogP contribution is 2.26. The Balaban J connectivity index is 0.00000225. The minimum atomic E-state index is -0.00261. The molecule has 2 aromatic carbocycles. The van der Waals surface area contributed by atoms with Gasteiger partial charge in [-0.15, -0.1) is 12.4 Å². The number of aromatic nitrogens is 2. The zero-order valence-electron chi connectivity index (χ0n) is 15.6. The van der Waals surface area contributed by atoms with Crippen molar-refractivity contribution in [2.75, 3.05) is 13.1 Å². The molecule has 0 saturated carbocycles. The Hall–Kier alpha value is -2.63. The van der Waals surface area contributed by atoms with Gasteiger partial charge in [0.15, 0.2) is 0 Å². The van der Waals surface area contributed by atoms with E-state index in [1.54, 1.807) is 0 Å². The maximum atomic E-state index is 12.7. The van der Waals surface area contributed by atoms with Crippen LogP contribution in [-0.2, 0) is 11.2 Å². The maximum Gasteiger partial charge on any atom is 0.222 e. The lowest BCUT2D eigenvalue weighted by Gasteiger charge is -2.16. The van der Waals surface area contributed by atoms with Gasteiger partial charge in [-0.25, -0.2) is 4.68 Å². The summed E-state index contributed by atoms with van der Waals surface area (Å²) in [6.07, 6.45) is 5.00. The molecule has 4 rings (SSSR count). The standard InChI is InChI=1S/C22H24N4O.ClH/c23-21-16-25(15-20(21)18-7-3-1-4-8-18)22(27)12-11-17-13-24-26(14-17)19-9-5-2-6-10-19;/h1-10,13-14,20-21H,11-12,15-16,23H2;1H/t20-,21+;/m0./s1. The van der Waals surface area contributed by atoms with Gasteiger partial charge in [0.1, 0.15) is 0 Å². The second kappa shape index (κ2) is 9.04. The molecule has 3 aromatic rings. The van der Waals surface area contributed by atoms with Crippen molar-refractivity contribution in [2.45, 2.75) is 24.8 Å². The van der Waals surface area contributed by atoms with Crippen LogP contribution in [0.2, 0.25) is 0 Å². The van der Waals surface area contributed by atoms with Gasteiger partial charge in [0, 0.05) is 37.7 Å². The summed E-state index contributed by atoms with van der Waals surface area (Å²) in [6.45, 7) is 1.33. The summed E-state index contributed by atoms with van der Waals surface area (Å²) in [6, 6.07) is 20.2. The van der Waals surface area contributed by atoms with Crippen LogP contribution in [0.25, 0.3) is 5.69 Å². The number of aryl methyl sites for hydroxylation is 1. The van der Waals surface area contributed by atoms with E-state index in [4.69, 9.17) is 5.73 Å². The lowest BCUT2D eigenvalue weighted by molar-refractivity contribution is -0.130. The number of hydrogen-bond donors (Lipinski definition) is 1. The Morgan fingerprint density at radius 1 is 1.04 bits per heavy atom. The highest BCUT2D eigenvalue weighted by atomic mass is 35.5. The molecule has 2 atom stereocenters. The lowest BCUT2D eigenvalue weighted by atomic mass is 9.95. The summed E-state index contributed by atoms with van der Waals surface area (Å²) in [4.78, 5) is 14.6. The van der Waals surface area contributed by atoms with Crippen LogP contribution in [0.15, 0.2) is 73.1 Å². The molecule has 0 radical (unpaired) electrons. The number of nitrogens with two attached hydrogens (primary N) is 1. The van der Waals surface area contributed by atoms with E-state index in [0.29, 0.717) is 25.9 Å². The van der Waals surface area contributed by atoms with E-state index in [2.05, 4.69) is 17.2 Å². The first-order chi connectivity index (χ1) is 13.2.